The van der Waals surface area contributed by atoms with Crippen LogP contribution in [-0.2, 0) is 18.9 Å². The zero-order valence-electron chi connectivity index (χ0n) is 24.4. The summed E-state index contributed by atoms with van der Waals surface area (Å²) < 4.78 is 25.5. The lowest BCUT2D eigenvalue weighted by Gasteiger charge is -2.48. The van der Waals surface area contributed by atoms with Crippen LogP contribution >= 0.6 is 0 Å². The molecule has 0 aromatic carbocycles. The quantitative estimate of drug-likeness (QED) is 0.307. The summed E-state index contributed by atoms with van der Waals surface area (Å²) in [6, 6.07) is 0. The molecule has 0 radical (unpaired) electrons. The second-order valence-electron chi connectivity index (χ2n) is 13.0. The molecule has 4 heteroatoms. The molecule has 4 atom stereocenters. The largest absolute Gasteiger partial charge is 0.351 e. The molecule has 37 heavy (non-hydrogen) atoms. The Labute approximate surface area is 226 Å². The molecule has 0 saturated carbocycles. The summed E-state index contributed by atoms with van der Waals surface area (Å²) in [5.74, 6) is 2.04. The number of ether oxygens (including phenoxy) is 4. The number of hydrogen-bond acceptors (Lipinski definition) is 4. The standard InChI is InChI=1S/C33H52O4/c1-23(2)9-7-11-27-13-15-29(25(5)17-27)31-34-19-33(20-35-31)21-36-32(37-22-33)30-16-14-28(18-26(30)6)12-8-10-24(3)4/h9-10,13-14,25-26,29-32H,7-8,11-12,15-22H2,1-6H3/t25-,26-,29-,30+,31?,32?,33?/m0/s1. The molecular formula is C33H52O4. The molecule has 0 aromatic rings. The highest BCUT2D eigenvalue weighted by molar-refractivity contribution is 5.12. The highest BCUT2D eigenvalue weighted by Crippen LogP contribution is 2.41. The summed E-state index contributed by atoms with van der Waals surface area (Å²) in [7, 11) is 0. The van der Waals surface area contributed by atoms with Gasteiger partial charge in [-0.25, -0.2) is 0 Å². The zero-order valence-corrected chi connectivity index (χ0v) is 24.4. The molecule has 4 nitrogen and oxygen atoms in total. The molecule has 0 unspecified atom stereocenters. The molecule has 0 N–H and O–H groups in total. The van der Waals surface area contributed by atoms with Crippen LogP contribution in [0.25, 0.3) is 0 Å². The minimum Gasteiger partial charge on any atom is -0.351 e. The van der Waals surface area contributed by atoms with Gasteiger partial charge in [-0.2, -0.15) is 0 Å². The third-order valence-electron chi connectivity index (χ3n) is 8.94. The number of hydrogen-bond donors (Lipinski definition) is 0. The van der Waals surface area contributed by atoms with E-state index >= 15 is 0 Å². The molecule has 4 rings (SSSR count). The molecule has 208 valence electrons. The van der Waals surface area contributed by atoms with Crippen molar-refractivity contribution in [2.24, 2.45) is 29.1 Å². The third-order valence-corrected chi connectivity index (χ3v) is 8.94. The van der Waals surface area contributed by atoms with Gasteiger partial charge < -0.3 is 18.9 Å². The van der Waals surface area contributed by atoms with E-state index < -0.39 is 0 Å². The third kappa shape index (κ3) is 7.91. The van der Waals surface area contributed by atoms with Crippen molar-refractivity contribution in [1.82, 2.24) is 0 Å². The number of allylic oxidation sites excluding steroid dienone is 8. The van der Waals surface area contributed by atoms with Crippen molar-refractivity contribution in [3.63, 3.8) is 0 Å². The molecule has 2 aliphatic heterocycles. The highest BCUT2D eigenvalue weighted by Gasteiger charge is 2.46. The number of rotatable bonds is 8. The van der Waals surface area contributed by atoms with Crippen LogP contribution < -0.4 is 0 Å². The van der Waals surface area contributed by atoms with Gasteiger partial charge in [-0.1, -0.05) is 60.4 Å². The molecule has 0 bridgehead atoms. The maximum atomic E-state index is 6.36. The zero-order chi connectivity index (χ0) is 26.4. The fourth-order valence-electron chi connectivity index (χ4n) is 6.50. The molecule has 2 heterocycles. The van der Waals surface area contributed by atoms with E-state index in [2.05, 4.69) is 65.8 Å². The Bertz CT molecular complexity index is 781. The van der Waals surface area contributed by atoms with Gasteiger partial charge in [-0.15, -0.1) is 0 Å². The van der Waals surface area contributed by atoms with E-state index in [0.717, 1.165) is 38.5 Å². The summed E-state index contributed by atoms with van der Waals surface area (Å²) >= 11 is 0. The second kappa shape index (κ2) is 13.2. The molecule has 1 spiro atoms. The van der Waals surface area contributed by atoms with Crippen LogP contribution in [0.3, 0.4) is 0 Å². The van der Waals surface area contributed by atoms with Crippen LogP contribution in [0.5, 0.6) is 0 Å². The normalized spacial score (nSPS) is 36.5. The second-order valence-corrected chi connectivity index (χ2v) is 13.0. The van der Waals surface area contributed by atoms with Gasteiger partial charge in [-0.3, -0.25) is 0 Å². The molecule has 2 fully saturated rings. The smallest absolute Gasteiger partial charge is 0.160 e. The summed E-state index contributed by atoms with van der Waals surface area (Å²) in [4.78, 5) is 0. The van der Waals surface area contributed by atoms with Crippen LogP contribution in [0.1, 0.15) is 92.9 Å². The fourth-order valence-corrected chi connectivity index (χ4v) is 6.50. The monoisotopic (exact) mass is 512 g/mol. The van der Waals surface area contributed by atoms with Crippen molar-refractivity contribution >= 4 is 0 Å². The van der Waals surface area contributed by atoms with Crippen LogP contribution in [0, 0.1) is 29.1 Å². The highest BCUT2D eigenvalue weighted by atomic mass is 16.7. The first-order valence-corrected chi connectivity index (χ1v) is 14.8. The Balaban J connectivity index is 1.21. The van der Waals surface area contributed by atoms with Crippen LogP contribution in [0.15, 0.2) is 46.6 Å². The molecule has 0 aromatic heterocycles. The minimum absolute atomic E-state index is 0.109. The average Bonchev–Trinajstić information content (AvgIpc) is 2.85. The van der Waals surface area contributed by atoms with E-state index in [1.54, 1.807) is 11.1 Å². The Morgan fingerprint density at radius 3 is 1.41 bits per heavy atom. The van der Waals surface area contributed by atoms with E-state index in [4.69, 9.17) is 18.9 Å². The maximum Gasteiger partial charge on any atom is 0.160 e. The van der Waals surface area contributed by atoms with Gasteiger partial charge in [0.05, 0.1) is 31.8 Å². The summed E-state index contributed by atoms with van der Waals surface area (Å²) in [5.41, 5.74) is 5.85. The first-order valence-electron chi connectivity index (χ1n) is 14.8. The summed E-state index contributed by atoms with van der Waals surface area (Å²) in [6.45, 7) is 16.1. The first-order chi connectivity index (χ1) is 17.7. The van der Waals surface area contributed by atoms with Gasteiger partial charge in [-0.05, 0) is 90.9 Å². The Morgan fingerprint density at radius 2 is 1.08 bits per heavy atom. The molecule has 2 saturated heterocycles. The molecule has 4 aliphatic rings. The van der Waals surface area contributed by atoms with Gasteiger partial charge in [0.2, 0.25) is 0 Å². The molecule has 2 aliphatic carbocycles. The lowest BCUT2D eigenvalue weighted by atomic mass is 9.78. The molecular weight excluding hydrogens is 460 g/mol. The van der Waals surface area contributed by atoms with Crippen molar-refractivity contribution in [1.29, 1.82) is 0 Å². The van der Waals surface area contributed by atoms with Gasteiger partial charge in [0, 0.05) is 11.8 Å². The van der Waals surface area contributed by atoms with Crippen LogP contribution in [0.4, 0.5) is 0 Å². The fraction of sp³-hybridized carbons (Fsp3) is 0.758. The van der Waals surface area contributed by atoms with E-state index in [0.29, 0.717) is 50.1 Å². The van der Waals surface area contributed by atoms with Crippen molar-refractivity contribution in [3.8, 4) is 0 Å². The lowest BCUT2D eigenvalue weighted by molar-refractivity contribution is -0.323. The topological polar surface area (TPSA) is 36.9 Å². The minimum atomic E-state index is -0.167. The SMILES string of the molecule is CC(C)=CCCC1=CC[C@H](C2OCC3(CO2)COC([C@@H]2CC=C(CCC=C(C)C)C[C@@H]2C)OC3)[C@@H](C)C1. The van der Waals surface area contributed by atoms with Crippen molar-refractivity contribution in [2.75, 3.05) is 26.4 Å². The van der Waals surface area contributed by atoms with Gasteiger partial charge in [0.25, 0.3) is 0 Å². The predicted molar refractivity (Wildman–Crippen MR) is 151 cm³/mol. The van der Waals surface area contributed by atoms with E-state index in [1.807, 2.05) is 0 Å². The summed E-state index contributed by atoms with van der Waals surface area (Å²) in [6.07, 6.45) is 18.5. The summed E-state index contributed by atoms with van der Waals surface area (Å²) in [5, 5.41) is 0. The Kier molecular flexibility index (Phi) is 10.3. The van der Waals surface area contributed by atoms with Gasteiger partial charge in [0.1, 0.15) is 0 Å². The molecule has 0 amide bonds. The van der Waals surface area contributed by atoms with Crippen LogP contribution in [-0.4, -0.2) is 39.0 Å². The van der Waals surface area contributed by atoms with Crippen molar-refractivity contribution in [3.05, 3.63) is 46.6 Å². The van der Waals surface area contributed by atoms with E-state index in [9.17, 15) is 0 Å². The van der Waals surface area contributed by atoms with Gasteiger partial charge in [0.15, 0.2) is 12.6 Å². The Morgan fingerprint density at radius 1 is 0.703 bits per heavy atom. The predicted octanol–water partition coefficient (Wildman–Crippen LogP) is 8.16. The maximum absolute atomic E-state index is 6.36. The first kappa shape index (κ1) is 28.8. The van der Waals surface area contributed by atoms with Crippen molar-refractivity contribution in [2.45, 2.75) is 105 Å². The lowest BCUT2D eigenvalue weighted by Crippen LogP contribution is -2.55. The van der Waals surface area contributed by atoms with Gasteiger partial charge >= 0.3 is 0 Å². The Hall–Kier alpha value is -1.20. The van der Waals surface area contributed by atoms with Crippen LogP contribution in [0.2, 0.25) is 0 Å². The van der Waals surface area contributed by atoms with E-state index in [-0.39, 0.29) is 18.0 Å². The average molecular weight is 513 g/mol. The van der Waals surface area contributed by atoms with E-state index in [1.165, 1.54) is 24.0 Å². The van der Waals surface area contributed by atoms with Crippen molar-refractivity contribution < 1.29 is 18.9 Å².